The second kappa shape index (κ2) is 5.86. The predicted octanol–water partition coefficient (Wildman–Crippen LogP) is 1.15. The minimum atomic E-state index is -0.692. The quantitative estimate of drug-likeness (QED) is 0.830. The minimum Gasteiger partial charge on any atom is -0.467 e. The summed E-state index contributed by atoms with van der Waals surface area (Å²) in [5, 5.41) is 6.73. The van der Waals surface area contributed by atoms with Gasteiger partial charge in [-0.15, -0.1) is 0 Å². The summed E-state index contributed by atoms with van der Waals surface area (Å²) in [5.74, 6) is -0.720. The zero-order valence-corrected chi connectivity index (χ0v) is 12.0. The highest BCUT2D eigenvalue weighted by Crippen LogP contribution is 2.21. The van der Waals surface area contributed by atoms with Crippen LogP contribution in [0.1, 0.15) is 33.7 Å². The Morgan fingerprint density at radius 3 is 2.42 bits per heavy atom. The number of ether oxygens (including phenoxy) is 1. The van der Waals surface area contributed by atoms with Gasteiger partial charge in [0.2, 0.25) is 5.91 Å². The molecule has 2 atom stereocenters. The van der Waals surface area contributed by atoms with Gasteiger partial charge in [0, 0.05) is 12.4 Å². The van der Waals surface area contributed by atoms with Gasteiger partial charge < -0.3 is 10.1 Å². The molecule has 1 aromatic rings. The molecule has 0 saturated heterocycles. The Balaban J connectivity index is 2.80. The molecule has 0 aliphatic rings. The number of aromatic nitrogens is 2. The molecule has 0 unspecified atom stereocenters. The van der Waals surface area contributed by atoms with E-state index in [0.29, 0.717) is 0 Å². The van der Waals surface area contributed by atoms with E-state index in [4.69, 9.17) is 4.74 Å². The summed E-state index contributed by atoms with van der Waals surface area (Å²) in [6.45, 7) is 7.33. The predicted molar refractivity (Wildman–Crippen MR) is 70.3 cm³/mol. The Bertz CT molecular complexity index is 434. The van der Waals surface area contributed by atoms with Crippen LogP contribution in [0.15, 0.2) is 18.5 Å². The Hall–Kier alpha value is -1.85. The Morgan fingerprint density at radius 2 is 2.00 bits per heavy atom. The van der Waals surface area contributed by atoms with Gasteiger partial charge in [-0.1, -0.05) is 20.8 Å². The fourth-order valence-electron chi connectivity index (χ4n) is 1.64. The molecular weight excluding hydrogens is 246 g/mol. The van der Waals surface area contributed by atoms with Crippen LogP contribution < -0.4 is 5.32 Å². The van der Waals surface area contributed by atoms with Crippen molar-refractivity contribution in [2.75, 3.05) is 7.11 Å². The summed E-state index contributed by atoms with van der Waals surface area (Å²) in [6, 6.07) is 0.568. The summed E-state index contributed by atoms with van der Waals surface area (Å²) in [7, 11) is 1.31. The number of amides is 1. The van der Waals surface area contributed by atoms with E-state index in [1.807, 2.05) is 20.8 Å². The molecule has 1 amide bonds. The Morgan fingerprint density at radius 1 is 1.37 bits per heavy atom. The molecule has 0 radical (unpaired) electrons. The summed E-state index contributed by atoms with van der Waals surface area (Å²) in [4.78, 5) is 23.9. The van der Waals surface area contributed by atoms with E-state index >= 15 is 0 Å². The number of hydrogen-bond acceptors (Lipinski definition) is 4. The van der Waals surface area contributed by atoms with E-state index in [0.717, 1.165) is 0 Å². The third-order valence-corrected chi connectivity index (χ3v) is 2.89. The molecule has 0 aromatic carbocycles. The van der Waals surface area contributed by atoms with Gasteiger partial charge in [0.15, 0.2) is 0 Å². The van der Waals surface area contributed by atoms with Crippen molar-refractivity contribution in [3.8, 4) is 0 Å². The first-order valence-corrected chi connectivity index (χ1v) is 6.14. The lowest BCUT2D eigenvalue weighted by atomic mass is 9.86. The van der Waals surface area contributed by atoms with Gasteiger partial charge in [0.25, 0.3) is 0 Å². The average molecular weight is 267 g/mol. The summed E-state index contributed by atoms with van der Waals surface area (Å²) in [5.41, 5.74) is -0.424. The molecule has 0 fully saturated rings. The van der Waals surface area contributed by atoms with Gasteiger partial charge in [0.05, 0.1) is 7.11 Å². The van der Waals surface area contributed by atoms with E-state index in [2.05, 4.69) is 10.4 Å². The first-order chi connectivity index (χ1) is 8.77. The molecule has 0 bridgehead atoms. The van der Waals surface area contributed by atoms with Crippen molar-refractivity contribution < 1.29 is 14.3 Å². The number of methoxy groups -OCH3 is 1. The van der Waals surface area contributed by atoms with Crippen LogP contribution in [-0.4, -0.2) is 34.8 Å². The highest BCUT2D eigenvalue weighted by atomic mass is 16.5. The fourth-order valence-corrected chi connectivity index (χ4v) is 1.64. The molecule has 0 spiro atoms. The minimum absolute atomic E-state index is 0.269. The van der Waals surface area contributed by atoms with Gasteiger partial charge in [0.1, 0.15) is 12.1 Å². The van der Waals surface area contributed by atoms with Gasteiger partial charge in [-0.2, -0.15) is 5.10 Å². The van der Waals surface area contributed by atoms with Crippen LogP contribution in [-0.2, 0) is 14.3 Å². The van der Waals surface area contributed by atoms with Crippen molar-refractivity contribution in [2.45, 2.75) is 39.8 Å². The molecule has 1 N–H and O–H groups in total. The number of nitrogens with zero attached hydrogens (tertiary/aromatic N) is 2. The van der Waals surface area contributed by atoms with E-state index in [-0.39, 0.29) is 5.91 Å². The number of carbonyl (C=O) groups excluding carboxylic acids is 2. The topological polar surface area (TPSA) is 73.2 Å². The van der Waals surface area contributed by atoms with E-state index < -0.39 is 23.5 Å². The third-order valence-electron chi connectivity index (χ3n) is 2.89. The maximum absolute atomic E-state index is 12.1. The van der Waals surface area contributed by atoms with Crippen LogP contribution >= 0.6 is 0 Å². The van der Waals surface area contributed by atoms with Crippen LogP contribution in [0.4, 0.5) is 0 Å². The Labute approximate surface area is 113 Å². The van der Waals surface area contributed by atoms with Crippen molar-refractivity contribution in [1.29, 1.82) is 0 Å². The molecule has 1 heterocycles. The maximum atomic E-state index is 12.1. The second-order valence-corrected chi connectivity index (χ2v) is 5.49. The van der Waals surface area contributed by atoms with Crippen LogP contribution in [0.2, 0.25) is 0 Å². The SMILES string of the molecule is COC(=O)[C@H](NC(=O)[C@@H](C)n1cccn1)C(C)(C)C. The van der Waals surface area contributed by atoms with E-state index in [9.17, 15) is 9.59 Å². The fraction of sp³-hybridized carbons (Fsp3) is 0.615. The third kappa shape index (κ3) is 3.81. The van der Waals surface area contributed by atoms with E-state index in [1.54, 1.807) is 25.4 Å². The normalized spacial score (nSPS) is 14.6. The number of nitrogens with one attached hydrogen (secondary N) is 1. The maximum Gasteiger partial charge on any atom is 0.328 e. The lowest BCUT2D eigenvalue weighted by Gasteiger charge is -2.30. The monoisotopic (exact) mass is 267 g/mol. The molecular formula is C13H21N3O3. The highest BCUT2D eigenvalue weighted by molar-refractivity contribution is 5.86. The molecule has 106 valence electrons. The van der Waals surface area contributed by atoms with Crippen LogP contribution in [0.5, 0.6) is 0 Å². The lowest BCUT2D eigenvalue weighted by Crippen LogP contribution is -2.51. The zero-order chi connectivity index (χ0) is 14.6. The lowest BCUT2D eigenvalue weighted by molar-refractivity contribution is -0.148. The highest BCUT2D eigenvalue weighted by Gasteiger charge is 2.34. The standard InChI is InChI=1S/C13H21N3O3/c1-9(16-8-6-7-14-16)11(17)15-10(12(18)19-5)13(2,3)4/h6-10H,1-5H3,(H,15,17)/t9-,10+/m1/s1. The van der Waals surface area contributed by atoms with E-state index in [1.165, 1.54) is 11.8 Å². The van der Waals surface area contributed by atoms with Crippen LogP contribution in [0, 0.1) is 5.41 Å². The van der Waals surface area contributed by atoms with Crippen molar-refractivity contribution in [2.24, 2.45) is 5.41 Å². The molecule has 6 nitrogen and oxygen atoms in total. The van der Waals surface area contributed by atoms with Gasteiger partial charge in [-0.3, -0.25) is 9.48 Å². The van der Waals surface area contributed by atoms with Crippen LogP contribution in [0.25, 0.3) is 0 Å². The molecule has 1 aromatic heterocycles. The number of hydrogen-bond donors (Lipinski definition) is 1. The molecule has 1 rings (SSSR count). The molecule has 6 heteroatoms. The number of rotatable bonds is 4. The molecule has 0 aliphatic carbocycles. The van der Waals surface area contributed by atoms with Crippen molar-refractivity contribution in [1.82, 2.24) is 15.1 Å². The molecule has 0 aliphatic heterocycles. The van der Waals surface area contributed by atoms with Crippen molar-refractivity contribution in [3.63, 3.8) is 0 Å². The summed E-state index contributed by atoms with van der Waals surface area (Å²) in [6.07, 6.45) is 3.31. The number of esters is 1. The van der Waals surface area contributed by atoms with Crippen molar-refractivity contribution in [3.05, 3.63) is 18.5 Å². The molecule has 0 saturated carbocycles. The smallest absolute Gasteiger partial charge is 0.328 e. The second-order valence-electron chi connectivity index (χ2n) is 5.49. The van der Waals surface area contributed by atoms with Crippen molar-refractivity contribution >= 4 is 11.9 Å². The summed E-state index contributed by atoms with van der Waals surface area (Å²) < 4.78 is 6.27. The zero-order valence-electron chi connectivity index (χ0n) is 12.0. The van der Waals surface area contributed by atoms with Crippen LogP contribution in [0.3, 0.4) is 0 Å². The van der Waals surface area contributed by atoms with Gasteiger partial charge in [-0.25, -0.2) is 4.79 Å². The molecule has 19 heavy (non-hydrogen) atoms. The number of carbonyl (C=O) groups is 2. The first-order valence-electron chi connectivity index (χ1n) is 6.14. The average Bonchev–Trinajstić information content (AvgIpc) is 2.86. The summed E-state index contributed by atoms with van der Waals surface area (Å²) >= 11 is 0. The van der Waals surface area contributed by atoms with Gasteiger partial charge >= 0.3 is 5.97 Å². The first kappa shape index (κ1) is 15.2. The Kier molecular flexibility index (Phi) is 4.69. The largest absolute Gasteiger partial charge is 0.467 e. The van der Waals surface area contributed by atoms with Gasteiger partial charge in [-0.05, 0) is 18.4 Å².